The van der Waals surface area contributed by atoms with Crippen LogP contribution in [0.3, 0.4) is 0 Å². The molecule has 11 heteroatoms. The predicted octanol–water partition coefficient (Wildman–Crippen LogP) is 4.34. The Morgan fingerprint density at radius 3 is 2.83 bits per heavy atom. The number of non-ortho nitro benzene ring substituents is 1. The number of carbonyl (C=O) groups is 2. The summed E-state index contributed by atoms with van der Waals surface area (Å²) in [5.74, 6) is -1.31. The number of carbonyl (C=O) groups excluding carboxylic acids is 2. The maximum absolute atomic E-state index is 12.5. The minimum Gasteiger partial charge on any atom is -0.449 e. The number of amides is 1. The van der Waals surface area contributed by atoms with Crippen LogP contribution < -0.4 is 5.32 Å². The van der Waals surface area contributed by atoms with Gasteiger partial charge in [0.15, 0.2) is 11.2 Å². The maximum atomic E-state index is 12.5. The zero-order valence-corrected chi connectivity index (χ0v) is 17.1. The molecule has 0 aliphatic rings. The highest BCUT2D eigenvalue weighted by Gasteiger charge is 2.24. The van der Waals surface area contributed by atoms with E-state index in [2.05, 4.69) is 15.3 Å². The van der Waals surface area contributed by atoms with Crippen molar-refractivity contribution in [1.29, 1.82) is 0 Å². The number of hydrogen-bond donors (Lipinski definition) is 1. The van der Waals surface area contributed by atoms with E-state index in [4.69, 9.17) is 16.3 Å². The normalized spacial score (nSPS) is 11.5. The van der Waals surface area contributed by atoms with E-state index >= 15 is 0 Å². The largest absolute Gasteiger partial charge is 0.449 e. The monoisotopic (exact) mass is 446 g/mol. The Kier molecular flexibility index (Phi) is 6.70. The van der Waals surface area contributed by atoms with Crippen molar-refractivity contribution < 1.29 is 19.2 Å². The predicted molar refractivity (Wildman–Crippen MR) is 112 cm³/mol. The number of esters is 1. The lowest BCUT2D eigenvalue weighted by Crippen LogP contribution is -2.32. The van der Waals surface area contributed by atoms with Crippen LogP contribution in [0.2, 0.25) is 5.15 Å². The van der Waals surface area contributed by atoms with Crippen LogP contribution in [0, 0.1) is 10.1 Å². The number of rotatable bonds is 7. The number of anilines is 1. The van der Waals surface area contributed by atoms with E-state index in [1.165, 1.54) is 30.5 Å². The average Bonchev–Trinajstić information content (AvgIpc) is 3.20. The van der Waals surface area contributed by atoms with Gasteiger partial charge in [-0.3, -0.25) is 20.2 Å². The van der Waals surface area contributed by atoms with Crippen molar-refractivity contribution in [2.45, 2.75) is 19.4 Å². The van der Waals surface area contributed by atoms with E-state index in [1.54, 1.807) is 24.4 Å². The first-order valence-electron chi connectivity index (χ1n) is 8.71. The molecule has 1 N–H and O–H groups in total. The summed E-state index contributed by atoms with van der Waals surface area (Å²) in [6.07, 6.45) is 0.613. The number of aromatic nitrogens is 2. The molecule has 1 unspecified atom stereocenters. The molecule has 9 nitrogen and oxygen atoms in total. The fourth-order valence-electron chi connectivity index (χ4n) is 2.48. The maximum Gasteiger partial charge on any atom is 0.342 e. The SMILES string of the molecule is CCC(OC(=O)c1cccnc1Cl)C(=O)Nc1nc(-c2cccc([N+](=O)[O-])c2)cs1. The topological polar surface area (TPSA) is 124 Å². The zero-order chi connectivity index (χ0) is 21.7. The summed E-state index contributed by atoms with van der Waals surface area (Å²) in [5, 5.41) is 15.5. The molecule has 0 aliphatic heterocycles. The smallest absolute Gasteiger partial charge is 0.342 e. The number of nitro groups is 1. The third kappa shape index (κ3) is 4.97. The second-order valence-electron chi connectivity index (χ2n) is 5.98. The van der Waals surface area contributed by atoms with E-state index in [9.17, 15) is 19.7 Å². The first kappa shape index (κ1) is 21.3. The Bertz CT molecular complexity index is 1100. The van der Waals surface area contributed by atoms with Gasteiger partial charge < -0.3 is 4.74 Å². The number of nitro benzene ring substituents is 1. The molecular weight excluding hydrogens is 432 g/mol. The molecule has 0 saturated carbocycles. The van der Waals surface area contributed by atoms with Gasteiger partial charge in [0.1, 0.15) is 5.15 Å². The second-order valence-corrected chi connectivity index (χ2v) is 7.19. The van der Waals surface area contributed by atoms with Crippen LogP contribution in [0.25, 0.3) is 11.3 Å². The van der Waals surface area contributed by atoms with Crippen molar-refractivity contribution in [2.75, 3.05) is 5.32 Å². The summed E-state index contributed by atoms with van der Waals surface area (Å²) < 4.78 is 5.26. The number of hydrogen-bond acceptors (Lipinski definition) is 8. The van der Waals surface area contributed by atoms with Gasteiger partial charge in [-0.15, -0.1) is 11.3 Å². The summed E-state index contributed by atoms with van der Waals surface area (Å²) in [7, 11) is 0. The molecule has 0 spiro atoms. The number of halogens is 1. The van der Waals surface area contributed by atoms with E-state index < -0.39 is 22.9 Å². The highest BCUT2D eigenvalue weighted by Crippen LogP contribution is 2.27. The number of nitrogens with zero attached hydrogens (tertiary/aromatic N) is 3. The van der Waals surface area contributed by atoms with Gasteiger partial charge in [0.05, 0.1) is 16.2 Å². The van der Waals surface area contributed by atoms with E-state index in [0.29, 0.717) is 11.3 Å². The first-order valence-corrected chi connectivity index (χ1v) is 9.97. The molecule has 2 heterocycles. The number of nitrogens with one attached hydrogen (secondary N) is 1. The lowest BCUT2D eigenvalue weighted by molar-refractivity contribution is -0.384. The average molecular weight is 447 g/mol. The Morgan fingerprint density at radius 1 is 1.33 bits per heavy atom. The van der Waals surface area contributed by atoms with Gasteiger partial charge in [-0.25, -0.2) is 14.8 Å². The number of benzene rings is 1. The molecule has 3 rings (SSSR count). The molecule has 0 radical (unpaired) electrons. The minimum absolute atomic E-state index is 0.0146. The van der Waals surface area contributed by atoms with Gasteiger partial charge in [-0.2, -0.15) is 0 Å². The van der Waals surface area contributed by atoms with Gasteiger partial charge in [0, 0.05) is 29.3 Å². The summed E-state index contributed by atoms with van der Waals surface area (Å²) in [5.41, 5.74) is 1.03. The molecule has 0 aliphatic carbocycles. The van der Waals surface area contributed by atoms with E-state index in [-0.39, 0.29) is 28.0 Å². The van der Waals surface area contributed by atoms with Crippen LogP contribution in [-0.2, 0) is 9.53 Å². The fourth-order valence-corrected chi connectivity index (χ4v) is 3.40. The van der Waals surface area contributed by atoms with Gasteiger partial charge in [0.25, 0.3) is 11.6 Å². The van der Waals surface area contributed by atoms with Crippen molar-refractivity contribution >= 4 is 45.6 Å². The molecule has 30 heavy (non-hydrogen) atoms. The van der Waals surface area contributed by atoms with Crippen LogP contribution in [-0.4, -0.2) is 32.9 Å². The third-order valence-corrected chi connectivity index (χ3v) is 5.04. The second kappa shape index (κ2) is 9.42. The highest BCUT2D eigenvalue weighted by atomic mass is 35.5. The van der Waals surface area contributed by atoms with Crippen molar-refractivity contribution in [3.63, 3.8) is 0 Å². The van der Waals surface area contributed by atoms with Crippen LogP contribution in [0.4, 0.5) is 10.8 Å². The first-order chi connectivity index (χ1) is 14.4. The number of pyridine rings is 1. The van der Waals surface area contributed by atoms with Crippen molar-refractivity contribution in [1.82, 2.24) is 9.97 Å². The summed E-state index contributed by atoms with van der Waals surface area (Å²) in [4.78, 5) is 43.3. The van der Waals surface area contributed by atoms with E-state index in [1.807, 2.05) is 0 Å². The molecule has 0 fully saturated rings. The lowest BCUT2D eigenvalue weighted by atomic mass is 10.1. The van der Waals surface area contributed by atoms with Crippen molar-refractivity contribution in [2.24, 2.45) is 0 Å². The summed E-state index contributed by atoms with van der Waals surface area (Å²) >= 11 is 7.03. The summed E-state index contributed by atoms with van der Waals surface area (Å²) in [6, 6.07) is 9.01. The van der Waals surface area contributed by atoms with Crippen molar-refractivity contribution in [3.05, 3.63) is 68.8 Å². The quantitative estimate of drug-likeness (QED) is 0.247. The molecule has 1 atom stereocenters. The van der Waals surface area contributed by atoms with Crippen LogP contribution >= 0.6 is 22.9 Å². The van der Waals surface area contributed by atoms with Gasteiger partial charge in [-0.1, -0.05) is 30.7 Å². The zero-order valence-electron chi connectivity index (χ0n) is 15.6. The molecule has 1 amide bonds. The minimum atomic E-state index is -1.06. The molecule has 1 aromatic carbocycles. The van der Waals surface area contributed by atoms with Gasteiger partial charge in [-0.05, 0) is 18.6 Å². The van der Waals surface area contributed by atoms with Crippen LogP contribution in [0.1, 0.15) is 23.7 Å². The molecule has 154 valence electrons. The Labute approximate surface area is 179 Å². The molecule has 3 aromatic rings. The standard InChI is InChI=1S/C19H15ClN4O5S/c1-2-15(29-18(26)13-7-4-8-21-16(13)20)17(25)23-19-22-14(10-30-19)11-5-3-6-12(9-11)24(27)28/h3-10,15H,2H2,1H3,(H,22,23,25). The fraction of sp³-hybridized carbons (Fsp3) is 0.158. The summed E-state index contributed by atoms with van der Waals surface area (Å²) in [6.45, 7) is 1.69. The molecule has 0 saturated heterocycles. The van der Waals surface area contributed by atoms with Crippen LogP contribution in [0.5, 0.6) is 0 Å². The van der Waals surface area contributed by atoms with E-state index in [0.717, 1.165) is 11.3 Å². The molecule has 2 aromatic heterocycles. The Hall–Kier alpha value is -3.37. The van der Waals surface area contributed by atoms with Gasteiger partial charge >= 0.3 is 5.97 Å². The number of thiazole rings is 1. The molecule has 0 bridgehead atoms. The Morgan fingerprint density at radius 2 is 2.13 bits per heavy atom. The Balaban J connectivity index is 1.69. The lowest BCUT2D eigenvalue weighted by Gasteiger charge is -2.15. The number of ether oxygens (including phenoxy) is 1. The third-order valence-electron chi connectivity index (χ3n) is 3.98. The van der Waals surface area contributed by atoms with Gasteiger partial charge in [0.2, 0.25) is 0 Å². The molecular formula is C19H15ClN4O5S. The van der Waals surface area contributed by atoms with Crippen LogP contribution in [0.15, 0.2) is 48.0 Å². The van der Waals surface area contributed by atoms with Crippen molar-refractivity contribution in [3.8, 4) is 11.3 Å². The highest BCUT2D eigenvalue weighted by molar-refractivity contribution is 7.14.